The highest BCUT2D eigenvalue weighted by atomic mass is 19.1. The highest BCUT2D eigenvalue weighted by Gasteiger charge is 2.29. The van der Waals surface area contributed by atoms with Gasteiger partial charge in [-0.25, -0.2) is 9.37 Å². The van der Waals surface area contributed by atoms with Crippen LogP contribution in [0.3, 0.4) is 0 Å². The summed E-state index contributed by atoms with van der Waals surface area (Å²) in [6.07, 6.45) is 4.38. The van der Waals surface area contributed by atoms with Gasteiger partial charge in [-0.15, -0.1) is 0 Å². The number of rotatable bonds is 7. The summed E-state index contributed by atoms with van der Waals surface area (Å²) in [5, 5.41) is 0. The molecule has 0 aliphatic heterocycles. The number of imidazole rings is 1. The number of alkyl halides is 1. The van der Waals surface area contributed by atoms with E-state index in [1.54, 1.807) is 0 Å². The first kappa shape index (κ1) is 18.1. The normalized spacial score (nSPS) is 18.0. The predicted octanol–water partition coefficient (Wildman–Crippen LogP) is 3.52. The molecule has 1 aromatic carbocycles. The second-order valence-corrected chi connectivity index (χ2v) is 7.26. The number of nitrogens with one attached hydrogen (secondary N) is 1. The molecule has 142 valence electrons. The number of H-pyrrole nitrogens is 1. The molecule has 2 aromatic heterocycles. The van der Waals surface area contributed by atoms with Gasteiger partial charge in [0.1, 0.15) is 12.0 Å². The fourth-order valence-corrected chi connectivity index (χ4v) is 4.04. The molecule has 2 atom stereocenters. The quantitative estimate of drug-likeness (QED) is 0.670. The monoisotopic (exact) mass is 367 g/mol. The third kappa shape index (κ3) is 4.01. The molecule has 0 fully saturated rings. The molecule has 4 rings (SSSR count). The summed E-state index contributed by atoms with van der Waals surface area (Å²) in [5.74, 6) is 0.860. The third-order valence-electron chi connectivity index (χ3n) is 5.31. The summed E-state index contributed by atoms with van der Waals surface area (Å²) in [5.41, 5.74) is 9.88. The van der Waals surface area contributed by atoms with Crippen molar-refractivity contribution in [2.75, 3.05) is 13.1 Å². The second-order valence-electron chi connectivity index (χ2n) is 7.26. The van der Waals surface area contributed by atoms with E-state index in [0.29, 0.717) is 26.1 Å². The summed E-state index contributed by atoms with van der Waals surface area (Å²) in [7, 11) is 0. The third-order valence-corrected chi connectivity index (χ3v) is 5.31. The molecule has 3 N–H and O–H groups in total. The number of nitrogens with two attached hydrogens (primary N) is 1. The maximum absolute atomic E-state index is 14.5. The highest BCUT2D eigenvalue weighted by Crippen LogP contribution is 2.34. The number of aromatic nitrogens is 3. The molecule has 1 aliphatic rings. The van der Waals surface area contributed by atoms with Gasteiger partial charge in [-0.2, -0.15) is 0 Å². The smallest absolute Gasteiger partial charge is 0.121 e. The van der Waals surface area contributed by atoms with Crippen LogP contribution in [-0.4, -0.2) is 39.1 Å². The Morgan fingerprint density at radius 1 is 1.26 bits per heavy atom. The van der Waals surface area contributed by atoms with E-state index >= 15 is 0 Å². The molecular formula is C21H26FN5. The van der Waals surface area contributed by atoms with Gasteiger partial charge in [0.15, 0.2) is 0 Å². The predicted molar refractivity (Wildman–Crippen MR) is 105 cm³/mol. The SMILES string of the molecule is NCCC(F)CN(Cc1nc2ccccc2[nH]1)C1CCCc2cccnc21. The number of hydrogen-bond acceptors (Lipinski definition) is 4. The zero-order valence-electron chi connectivity index (χ0n) is 15.4. The molecular weight excluding hydrogens is 341 g/mol. The number of aromatic amines is 1. The van der Waals surface area contributed by atoms with E-state index in [1.807, 2.05) is 36.5 Å². The van der Waals surface area contributed by atoms with E-state index in [2.05, 4.69) is 20.9 Å². The van der Waals surface area contributed by atoms with Crippen LogP contribution in [0.15, 0.2) is 42.6 Å². The minimum Gasteiger partial charge on any atom is -0.341 e. The second kappa shape index (κ2) is 8.15. The van der Waals surface area contributed by atoms with Crippen LogP contribution in [0.4, 0.5) is 4.39 Å². The topological polar surface area (TPSA) is 70.8 Å². The summed E-state index contributed by atoms with van der Waals surface area (Å²) >= 11 is 0. The molecule has 0 saturated heterocycles. The van der Waals surface area contributed by atoms with Gasteiger partial charge in [-0.1, -0.05) is 18.2 Å². The maximum atomic E-state index is 14.5. The van der Waals surface area contributed by atoms with E-state index in [-0.39, 0.29) is 6.04 Å². The zero-order chi connectivity index (χ0) is 18.6. The molecule has 2 unspecified atom stereocenters. The van der Waals surface area contributed by atoms with Crippen LogP contribution >= 0.6 is 0 Å². The number of hydrogen-bond donors (Lipinski definition) is 2. The summed E-state index contributed by atoms with van der Waals surface area (Å²) < 4.78 is 14.5. The number of halogens is 1. The van der Waals surface area contributed by atoms with E-state index < -0.39 is 6.17 Å². The Morgan fingerprint density at radius 3 is 3.00 bits per heavy atom. The zero-order valence-corrected chi connectivity index (χ0v) is 15.4. The van der Waals surface area contributed by atoms with E-state index in [1.165, 1.54) is 5.56 Å². The molecule has 2 heterocycles. The summed E-state index contributed by atoms with van der Waals surface area (Å²) in [6.45, 7) is 1.27. The largest absolute Gasteiger partial charge is 0.341 e. The van der Waals surface area contributed by atoms with Crippen molar-refractivity contribution in [2.24, 2.45) is 5.73 Å². The summed E-state index contributed by atoms with van der Waals surface area (Å²) in [4.78, 5) is 14.9. The van der Waals surface area contributed by atoms with Crippen LogP contribution in [-0.2, 0) is 13.0 Å². The fraction of sp³-hybridized carbons (Fsp3) is 0.429. The van der Waals surface area contributed by atoms with E-state index in [9.17, 15) is 4.39 Å². The lowest BCUT2D eigenvalue weighted by molar-refractivity contribution is 0.115. The molecule has 5 nitrogen and oxygen atoms in total. The first-order chi connectivity index (χ1) is 13.2. The Labute approximate surface area is 158 Å². The Balaban J connectivity index is 1.62. The molecule has 6 heteroatoms. The molecule has 1 aliphatic carbocycles. The standard InChI is InChI=1S/C21H26FN5/c22-16(10-11-23)13-27(14-20-25-17-7-1-2-8-18(17)26-20)19-9-3-5-15-6-4-12-24-21(15)19/h1-2,4,6-8,12,16,19H,3,5,9-11,13-14,23H2,(H,25,26). The van der Waals surface area contributed by atoms with E-state index in [0.717, 1.165) is 41.8 Å². The number of para-hydroxylation sites is 2. The van der Waals surface area contributed by atoms with Crippen LogP contribution in [0.25, 0.3) is 11.0 Å². The molecule has 3 aromatic rings. The van der Waals surface area contributed by atoms with E-state index in [4.69, 9.17) is 10.7 Å². The number of pyridine rings is 1. The van der Waals surface area contributed by atoms with Gasteiger partial charge < -0.3 is 10.7 Å². The Bertz CT molecular complexity index is 860. The molecule has 27 heavy (non-hydrogen) atoms. The lowest BCUT2D eigenvalue weighted by Crippen LogP contribution is -2.37. The number of nitrogens with zero attached hydrogens (tertiary/aromatic N) is 3. The molecule has 0 radical (unpaired) electrons. The minimum atomic E-state index is -0.950. The lowest BCUT2D eigenvalue weighted by atomic mass is 9.90. The van der Waals surface area contributed by atoms with Gasteiger partial charge in [0.05, 0.1) is 29.3 Å². The molecule has 0 saturated carbocycles. The van der Waals surface area contributed by atoms with Crippen molar-refractivity contribution in [3.05, 3.63) is 59.7 Å². The Kier molecular flexibility index (Phi) is 5.45. The van der Waals surface area contributed by atoms with Crippen LogP contribution in [0.1, 0.15) is 42.4 Å². The fourth-order valence-electron chi connectivity index (χ4n) is 4.04. The van der Waals surface area contributed by atoms with Crippen LogP contribution < -0.4 is 5.73 Å². The van der Waals surface area contributed by atoms with Crippen molar-refractivity contribution in [1.29, 1.82) is 0 Å². The van der Waals surface area contributed by atoms with Crippen LogP contribution in [0.5, 0.6) is 0 Å². The molecule has 0 amide bonds. The van der Waals surface area contributed by atoms with Crippen molar-refractivity contribution in [3.8, 4) is 0 Å². The van der Waals surface area contributed by atoms with Crippen molar-refractivity contribution in [3.63, 3.8) is 0 Å². The Hall–Kier alpha value is -2.31. The summed E-state index contributed by atoms with van der Waals surface area (Å²) in [6, 6.07) is 12.2. The highest BCUT2D eigenvalue weighted by molar-refractivity contribution is 5.74. The van der Waals surface area contributed by atoms with Gasteiger partial charge in [-0.05, 0) is 56.0 Å². The molecule has 0 bridgehead atoms. The van der Waals surface area contributed by atoms with Crippen LogP contribution in [0.2, 0.25) is 0 Å². The van der Waals surface area contributed by atoms with Crippen molar-refractivity contribution in [1.82, 2.24) is 19.9 Å². The van der Waals surface area contributed by atoms with Gasteiger partial charge in [0, 0.05) is 12.7 Å². The van der Waals surface area contributed by atoms with Gasteiger partial charge in [0.25, 0.3) is 0 Å². The first-order valence-electron chi connectivity index (χ1n) is 9.70. The number of benzene rings is 1. The average Bonchev–Trinajstić information content (AvgIpc) is 3.09. The van der Waals surface area contributed by atoms with Gasteiger partial charge >= 0.3 is 0 Å². The first-order valence-corrected chi connectivity index (χ1v) is 9.70. The van der Waals surface area contributed by atoms with Crippen molar-refractivity contribution >= 4 is 11.0 Å². The van der Waals surface area contributed by atoms with Gasteiger partial charge in [0.2, 0.25) is 0 Å². The minimum absolute atomic E-state index is 0.110. The number of aryl methyl sites for hydroxylation is 1. The van der Waals surface area contributed by atoms with Crippen LogP contribution in [0, 0.1) is 0 Å². The van der Waals surface area contributed by atoms with Gasteiger partial charge in [-0.3, -0.25) is 9.88 Å². The van der Waals surface area contributed by atoms with Crippen molar-refractivity contribution in [2.45, 2.75) is 44.4 Å². The number of fused-ring (bicyclic) bond motifs is 2. The average molecular weight is 367 g/mol. The van der Waals surface area contributed by atoms with Crippen molar-refractivity contribution < 1.29 is 4.39 Å². The lowest BCUT2D eigenvalue weighted by Gasteiger charge is -2.35. The maximum Gasteiger partial charge on any atom is 0.121 e. The molecule has 0 spiro atoms. The Morgan fingerprint density at radius 2 is 2.15 bits per heavy atom.